The third kappa shape index (κ3) is 2.68. The average molecular weight is 247 g/mol. The zero-order valence-electron chi connectivity index (χ0n) is 10.4. The van der Waals surface area contributed by atoms with Crippen LogP contribution in [0.25, 0.3) is 10.4 Å². The molecule has 1 heterocycles. The Hall–Kier alpha value is -1.32. The van der Waals surface area contributed by atoms with Crippen molar-refractivity contribution in [3.05, 3.63) is 40.8 Å². The fourth-order valence-electron chi connectivity index (χ4n) is 1.85. The Morgan fingerprint density at radius 2 is 2.06 bits per heavy atom. The maximum absolute atomic E-state index is 5.27. The maximum atomic E-state index is 5.27. The van der Waals surface area contributed by atoms with Gasteiger partial charge in [-0.2, -0.15) is 0 Å². The molecular formula is C14H17NOS. The molecule has 0 fully saturated rings. The molecule has 90 valence electrons. The Kier molecular flexibility index (Phi) is 3.82. The number of nitrogens with one attached hydrogen (secondary N) is 1. The molecule has 0 aliphatic rings. The van der Waals surface area contributed by atoms with Crippen LogP contribution in [-0.2, 0) is 6.54 Å². The van der Waals surface area contributed by atoms with Crippen molar-refractivity contribution >= 4 is 11.3 Å². The van der Waals surface area contributed by atoms with Crippen molar-refractivity contribution in [1.29, 1.82) is 0 Å². The molecule has 1 N–H and O–H groups in total. The number of rotatable bonds is 4. The van der Waals surface area contributed by atoms with Crippen molar-refractivity contribution in [2.24, 2.45) is 0 Å². The van der Waals surface area contributed by atoms with Crippen LogP contribution in [0.4, 0.5) is 0 Å². The smallest absolute Gasteiger partial charge is 0.119 e. The Labute approximate surface area is 106 Å². The summed E-state index contributed by atoms with van der Waals surface area (Å²) in [5.74, 6) is 0.910. The molecule has 1 aromatic heterocycles. The number of aryl methyl sites for hydroxylation is 1. The minimum Gasteiger partial charge on any atom is -0.497 e. The second kappa shape index (κ2) is 5.34. The van der Waals surface area contributed by atoms with Crippen LogP contribution in [0.3, 0.4) is 0 Å². The maximum Gasteiger partial charge on any atom is 0.119 e. The highest BCUT2D eigenvalue weighted by Gasteiger charge is 2.08. The number of hydrogen-bond acceptors (Lipinski definition) is 3. The molecule has 0 aliphatic heterocycles. The van der Waals surface area contributed by atoms with Crippen molar-refractivity contribution in [3.63, 3.8) is 0 Å². The topological polar surface area (TPSA) is 21.3 Å². The van der Waals surface area contributed by atoms with E-state index in [1.807, 2.05) is 24.5 Å². The quantitative estimate of drug-likeness (QED) is 0.893. The molecule has 2 rings (SSSR count). The number of methoxy groups -OCH3 is 1. The lowest BCUT2D eigenvalue weighted by molar-refractivity contribution is 0.414. The van der Waals surface area contributed by atoms with Gasteiger partial charge >= 0.3 is 0 Å². The van der Waals surface area contributed by atoms with Gasteiger partial charge in [0.15, 0.2) is 0 Å². The summed E-state index contributed by atoms with van der Waals surface area (Å²) >= 11 is 1.83. The summed E-state index contributed by atoms with van der Waals surface area (Å²) in [6.45, 7) is 2.99. The normalized spacial score (nSPS) is 10.5. The van der Waals surface area contributed by atoms with E-state index in [9.17, 15) is 0 Å². The number of ether oxygens (including phenoxy) is 1. The van der Waals surface area contributed by atoms with Crippen molar-refractivity contribution in [2.75, 3.05) is 14.2 Å². The van der Waals surface area contributed by atoms with Crippen LogP contribution < -0.4 is 10.1 Å². The highest BCUT2D eigenvalue weighted by atomic mass is 32.1. The van der Waals surface area contributed by atoms with E-state index < -0.39 is 0 Å². The largest absolute Gasteiger partial charge is 0.497 e. The van der Waals surface area contributed by atoms with E-state index >= 15 is 0 Å². The molecule has 0 saturated carbocycles. The predicted octanol–water partition coefficient (Wildman–Crippen LogP) is 3.45. The van der Waals surface area contributed by atoms with E-state index in [0.717, 1.165) is 12.3 Å². The number of thiophene rings is 1. The zero-order valence-corrected chi connectivity index (χ0v) is 11.2. The molecule has 0 unspecified atom stereocenters. The van der Waals surface area contributed by atoms with Crippen LogP contribution in [0.1, 0.15) is 10.4 Å². The molecule has 2 nitrogen and oxygen atoms in total. The second-order valence-electron chi connectivity index (χ2n) is 3.96. The van der Waals surface area contributed by atoms with Gasteiger partial charge < -0.3 is 10.1 Å². The van der Waals surface area contributed by atoms with Gasteiger partial charge in [0.25, 0.3) is 0 Å². The highest BCUT2D eigenvalue weighted by Crippen LogP contribution is 2.32. The van der Waals surface area contributed by atoms with Crippen molar-refractivity contribution < 1.29 is 4.74 Å². The van der Waals surface area contributed by atoms with E-state index in [4.69, 9.17) is 4.74 Å². The molecule has 0 aliphatic carbocycles. The summed E-state index contributed by atoms with van der Waals surface area (Å²) in [6.07, 6.45) is 0. The van der Waals surface area contributed by atoms with Crippen molar-refractivity contribution in [1.82, 2.24) is 5.32 Å². The van der Waals surface area contributed by atoms with Crippen LogP contribution in [0, 0.1) is 6.92 Å². The van der Waals surface area contributed by atoms with Crippen molar-refractivity contribution in [3.8, 4) is 16.2 Å². The Bertz CT molecular complexity index is 505. The first kappa shape index (κ1) is 12.1. The van der Waals surface area contributed by atoms with Gasteiger partial charge in [0.2, 0.25) is 0 Å². The minimum atomic E-state index is 0.851. The third-order valence-electron chi connectivity index (χ3n) is 2.69. The first-order chi connectivity index (χ1) is 8.24. The first-order valence-electron chi connectivity index (χ1n) is 5.63. The minimum absolute atomic E-state index is 0.851. The van der Waals surface area contributed by atoms with Gasteiger partial charge in [0.1, 0.15) is 5.75 Å². The van der Waals surface area contributed by atoms with Gasteiger partial charge in [-0.1, -0.05) is 0 Å². The molecule has 0 atom stereocenters. The Balaban J connectivity index is 2.45. The fourth-order valence-corrected chi connectivity index (χ4v) is 2.78. The predicted molar refractivity (Wildman–Crippen MR) is 73.8 cm³/mol. The van der Waals surface area contributed by atoms with E-state index in [1.54, 1.807) is 7.11 Å². The number of hydrogen-bond donors (Lipinski definition) is 1. The molecule has 1 aromatic carbocycles. The lowest BCUT2D eigenvalue weighted by Gasteiger charge is -2.09. The van der Waals surface area contributed by atoms with Crippen LogP contribution >= 0.6 is 11.3 Å². The van der Waals surface area contributed by atoms with Gasteiger partial charge in [-0.05, 0) is 55.4 Å². The van der Waals surface area contributed by atoms with Gasteiger partial charge in [0.05, 0.1) is 7.11 Å². The van der Waals surface area contributed by atoms with Crippen LogP contribution in [0.2, 0.25) is 0 Å². The molecule has 3 heteroatoms. The Morgan fingerprint density at radius 3 is 2.65 bits per heavy atom. The van der Waals surface area contributed by atoms with Crippen LogP contribution in [0.15, 0.2) is 30.3 Å². The molecule has 0 amide bonds. The van der Waals surface area contributed by atoms with Gasteiger partial charge in [-0.3, -0.25) is 0 Å². The lowest BCUT2D eigenvalue weighted by atomic mass is 10.1. The van der Waals surface area contributed by atoms with E-state index in [2.05, 4.69) is 36.5 Å². The molecule has 17 heavy (non-hydrogen) atoms. The van der Waals surface area contributed by atoms with E-state index in [1.165, 1.54) is 20.9 Å². The second-order valence-corrected chi connectivity index (χ2v) is 5.25. The van der Waals surface area contributed by atoms with Gasteiger partial charge in [0, 0.05) is 16.3 Å². The average Bonchev–Trinajstić information content (AvgIpc) is 2.76. The third-order valence-corrected chi connectivity index (χ3v) is 3.72. The summed E-state index contributed by atoms with van der Waals surface area (Å²) < 4.78 is 5.27. The zero-order chi connectivity index (χ0) is 12.3. The fraction of sp³-hybridized carbons (Fsp3) is 0.286. The molecule has 2 aromatic rings. The summed E-state index contributed by atoms with van der Waals surface area (Å²) in [6, 6.07) is 10.6. The first-order valence-corrected chi connectivity index (χ1v) is 6.44. The van der Waals surface area contributed by atoms with Crippen LogP contribution in [-0.4, -0.2) is 14.2 Å². The summed E-state index contributed by atoms with van der Waals surface area (Å²) in [5, 5.41) is 3.20. The standard InChI is InChI=1S/C14H17NOS/c1-10-4-7-14(17-10)13-6-5-12(16-3)8-11(13)9-15-2/h4-8,15H,9H2,1-3H3. The SMILES string of the molecule is CNCc1cc(OC)ccc1-c1ccc(C)s1. The molecule has 0 radical (unpaired) electrons. The summed E-state index contributed by atoms with van der Waals surface area (Å²) in [4.78, 5) is 2.65. The summed E-state index contributed by atoms with van der Waals surface area (Å²) in [5.41, 5.74) is 2.56. The monoisotopic (exact) mass is 247 g/mol. The molecular weight excluding hydrogens is 230 g/mol. The highest BCUT2D eigenvalue weighted by molar-refractivity contribution is 7.15. The molecule has 0 bridgehead atoms. The van der Waals surface area contributed by atoms with E-state index in [0.29, 0.717) is 0 Å². The summed E-state index contributed by atoms with van der Waals surface area (Å²) in [7, 11) is 3.66. The lowest BCUT2D eigenvalue weighted by Crippen LogP contribution is -2.06. The Morgan fingerprint density at radius 1 is 1.24 bits per heavy atom. The van der Waals surface area contributed by atoms with E-state index in [-0.39, 0.29) is 0 Å². The molecule has 0 spiro atoms. The molecule has 0 saturated heterocycles. The van der Waals surface area contributed by atoms with Crippen molar-refractivity contribution in [2.45, 2.75) is 13.5 Å². The van der Waals surface area contributed by atoms with Gasteiger partial charge in [-0.15, -0.1) is 11.3 Å². The van der Waals surface area contributed by atoms with Crippen LogP contribution in [0.5, 0.6) is 5.75 Å². The van der Waals surface area contributed by atoms with Gasteiger partial charge in [-0.25, -0.2) is 0 Å². The number of benzene rings is 1.